The van der Waals surface area contributed by atoms with Crippen LogP contribution in [0.5, 0.6) is 0 Å². The Kier molecular flexibility index (Phi) is 3.98. The Labute approximate surface area is 88.9 Å². The lowest BCUT2D eigenvalue weighted by atomic mass is 9.87. The van der Waals surface area contributed by atoms with Gasteiger partial charge in [-0.2, -0.15) is 0 Å². The minimum absolute atomic E-state index is 0.00472. The molecule has 2 atom stereocenters. The molecule has 3 N–H and O–H groups in total. The van der Waals surface area contributed by atoms with Crippen molar-refractivity contribution in [1.82, 2.24) is 0 Å². The molecule has 0 bridgehead atoms. The molecule has 0 saturated carbocycles. The molecule has 0 aromatic carbocycles. The highest BCUT2D eigenvalue weighted by Gasteiger charge is 2.25. The van der Waals surface area contributed by atoms with Gasteiger partial charge in [-0.05, 0) is 30.1 Å². The van der Waals surface area contributed by atoms with Gasteiger partial charge in [0.25, 0.3) is 0 Å². The predicted molar refractivity (Wildman–Crippen MR) is 56.1 cm³/mol. The van der Waals surface area contributed by atoms with Crippen molar-refractivity contribution in [2.45, 2.75) is 20.0 Å². The molecule has 3 nitrogen and oxygen atoms in total. The minimum Gasteiger partial charge on any atom is -0.453 e. The standard InChI is InChI=1S/C10H16ClNO2/c1-6(2)8(5-12)9(13)7-3-4-14-10(7)11/h3-4,6,8-9,13H,5,12H2,1-2H3. The van der Waals surface area contributed by atoms with Gasteiger partial charge in [0.1, 0.15) is 0 Å². The zero-order chi connectivity index (χ0) is 10.7. The van der Waals surface area contributed by atoms with Crippen molar-refractivity contribution in [3.63, 3.8) is 0 Å². The van der Waals surface area contributed by atoms with Crippen LogP contribution in [0, 0.1) is 11.8 Å². The molecule has 0 aliphatic carbocycles. The number of aliphatic hydroxyl groups excluding tert-OH is 1. The van der Waals surface area contributed by atoms with Crippen molar-refractivity contribution >= 4 is 11.6 Å². The van der Waals surface area contributed by atoms with Crippen molar-refractivity contribution in [3.8, 4) is 0 Å². The normalized spacial score (nSPS) is 15.9. The van der Waals surface area contributed by atoms with E-state index in [1.54, 1.807) is 6.07 Å². The molecular formula is C10H16ClNO2. The van der Waals surface area contributed by atoms with E-state index >= 15 is 0 Å². The molecular weight excluding hydrogens is 202 g/mol. The molecule has 1 heterocycles. The number of aliphatic hydroxyl groups is 1. The third-order valence-electron chi connectivity index (χ3n) is 2.50. The Morgan fingerprint density at radius 1 is 1.57 bits per heavy atom. The molecule has 0 radical (unpaired) electrons. The van der Waals surface area contributed by atoms with Crippen molar-refractivity contribution in [1.29, 1.82) is 0 Å². The van der Waals surface area contributed by atoms with E-state index in [-0.39, 0.29) is 11.1 Å². The monoisotopic (exact) mass is 217 g/mol. The highest BCUT2D eigenvalue weighted by Crippen LogP contribution is 2.32. The Bertz CT molecular complexity index is 285. The quantitative estimate of drug-likeness (QED) is 0.813. The second-order valence-corrected chi connectivity index (χ2v) is 4.08. The fourth-order valence-corrected chi connectivity index (χ4v) is 1.74. The van der Waals surface area contributed by atoms with E-state index in [0.29, 0.717) is 18.0 Å². The Morgan fingerprint density at radius 3 is 2.57 bits per heavy atom. The summed E-state index contributed by atoms with van der Waals surface area (Å²) in [5.41, 5.74) is 6.22. The predicted octanol–water partition coefficient (Wildman–Crippen LogP) is 2.20. The second-order valence-electron chi connectivity index (χ2n) is 3.74. The fraction of sp³-hybridized carbons (Fsp3) is 0.600. The maximum absolute atomic E-state index is 10.00. The highest BCUT2D eigenvalue weighted by molar-refractivity contribution is 6.29. The van der Waals surface area contributed by atoms with E-state index < -0.39 is 6.10 Å². The van der Waals surface area contributed by atoms with Crippen molar-refractivity contribution in [2.24, 2.45) is 17.6 Å². The lowest BCUT2D eigenvalue weighted by molar-refractivity contribution is 0.0857. The summed E-state index contributed by atoms with van der Waals surface area (Å²) in [6.07, 6.45) is 0.820. The smallest absolute Gasteiger partial charge is 0.198 e. The third kappa shape index (κ3) is 2.29. The molecule has 2 unspecified atom stereocenters. The summed E-state index contributed by atoms with van der Waals surface area (Å²) in [5.74, 6) is 0.311. The van der Waals surface area contributed by atoms with E-state index in [2.05, 4.69) is 0 Å². The van der Waals surface area contributed by atoms with Crippen LogP contribution in [-0.2, 0) is 0 Å². The van der Waals surface area contributed by atoms with Gasteiger partial charge in [0.2, 0.25) is 0 Å². The van der Waals surface area contributed by atoms with Crippen LogP contribution in [0.3, 0.4) is 0 Å². The van der Waals surface area contributed by atoms with Gasteiger partial charge in [0, 0.05) is 11.5 Å². The van der Waals surface area contributed by atoms with Gasteiger partial charge < -0.3 is 15.3 Å². The zero-order valence-electron chi connectivity index (χ0n) is 8.40. The van der Waals surface area contributed by atoms with Gasteiger partial charge in [0.15, 0.2) is 5.22 Å². The van der Waals surface area contributed by atoms with E-state index in [1.165, 1.54) is 6.26 Å². The lowest BCUT2D eigenvalue weighted by Gasteiger charge is -2.24. The van der Waals surface area contributed by atoms with Gasteiger partial charge in [-0.25, -0.2) is 0 Å². The highest BCUT2D eigenvalue weighted by atomic mass is 35.5. The Balaban J connectivity index is 2.83. The molecule has 0 amide bonds. The fourth-order valence-electron chi connectivity index (χ4n) is 1.51. The molecule has 14 heavy (non-hydrogen) atoms. The van der Waals surface area contributed by atoms with Crippen LogP contribution in [0.4, 0.5) is 0 Å². The average molecular weight is 218 g/mol. The number of nitrogens with two attached hydrogens (primary N) is 1. The van der Waals surface area contributed by atoms with Crippen LogP contribution in [0.1, 0.15) is 25.5 Å². The summed E-state index contributed by atoms with van der Waals surface area (Å²) >= 11 is 5.77. The van der Waals surface area contributed by atoms with Gasteiger partial charge >= 0.3 is 0 Å². The maximum Gasteiger partial charge on any atom is 0.198 e. The maximum atomic E-state index is 10.00. The van der Waals surface area contributed by atoms with Crippen molar-refractivity contribution in [3.05, 3.63) is 23.1 Å². The molecule has 0 aliphatic heterocycles. The number of halogens is 1. The van der Waals surface area contributed by atoms with Gasteiger partial charge in [-0.15, -0.1) is 0 Å². The first-order valence-electron chi connectivity index (χ1n) is 4.69. The number of furan rings is 1. The van der Waals surface area contributed by atoms with Crippen LogP contribution in [-0.4, -0.2) is 11.7 Å². The molecule has 0 spiro atoms. The summed E-state index contributed by atoms with van der Waals surface area (Å²) in [6, 6.07) is 1.68. The Hall–Kier alpha value is -0.510. The summed E-state index contributed by atoms with van der Waals surface area (Å²) in [6.45, 7) is 4.48. The van der Waals surface area contributed by atoms with Crippen molar-refractivity contribution in [2.75, 3.05) is 6.54 Å². The van der Waals surface area contributed by atoms with Crippen LogP contribution < -0.4 is 5.73 Å². The number of hydrogen-bond acceptors (Lipinski definition) is 3. The number of rotatable bonds is 4. The van der Waals surface area contributed by atoms with Crippen LogP contribution >= 0.6 is 11.6 Å². The Morgan fingerprint density at radius 2 is 2.21 bits per heavy atom. The van der Waals surface area contributed by atoms with Crippen LogP contribution in [0.25, 0.3) is 0 Å². The van der Waals surface area contributed by atoms with Crippen molar-refractivity contribution < 1.29 is 9.52 Å². The molecule has 1 rings (SSSR count). The van der Waals surface area contributed by atoms with E-state index in [9.17, 15) is 5.11 Å². The van der Waals surface area contributed by atoms with Gasteiger partial charge in [0.05, 0.1) is 12.4 Å². The first-order chi connectivity index (χ1) is 6.57. The lowest BCUT2D eigenvalue weighted by Crippen LogP contribution is -2.26. The average Bonchev–Trinajstić information content (AvgIpc) is 2.51. The molecule has 0 aliphatic rings. The molecule has 0 saturated heterocycles. The first kappa shape index (κ1) is 11.6. The van der Waals surface area contributed by atoms with Crippen LogP contribution in [0.15, 0.2) is 16.7 Å². The largest absolute Gasteiger partial charge is 0.453 e. The molecule has 4 heteroatoms. The molecule has 80 valence electrons. The first-order valence-corrected chi connectivity index (χ1v) is 5.06. The summed E-state index contributed by atoms with van der Waals surface area (Å²) < 4.78 is 4.92. The minimum atomic E-state index is -0.647. The van der Waals surface area contributed by atoms with E-state index in [0.717, 1.165) is 0 Å². The summed E-state index contributed by atoms with van der Waals surface area (Å²) in [5, 5.41) is 10.2. The van der Waals surface area contributed by atoms with Gasteiger partial charge in [-0.3, -0.25) is 0 Å². The zero-order valence-corrected chi connectivity index (χ0v) is 9.16. The topological polar surface area (TPSA) is 59.4 Å². The second kappa shape index (κ2) is 4.82. The van der Waals surface area contributed by atoms with E-state index in [4.69, 9.17) is 21.8 Å². The molecule has 1 aromatic heterocycles. The molecule has 1 aromatic rings. The summed E-state index contributed by atoms with van der Waals surface area (Å²) in [7, 11) is 0. The molecule has 0 fully saturated rings. The van der Waals surface area contributed by atoms with Gasteiger partial charge in [-0.1, -0.05) is 13.8 Å². The number of hydrogen-bond donors (Lipinski definition) is 2. The third-order valence-corrected chi connectivity index (χ3v) is 2.81. The van der Waals surface area contributed by atoms with E-state index in [1.807, 2.05) is 13.8 Å². The SMILES string of the molecule is CC(C)C(CN)C(O)c1ccoc1Cl. The van der Waals surface area contributed by atoms with Crippen LogP contribution in [0.2, 0.25) is 5.22 Å². The summed E-state index contributed by atoms with van der Waals surface area (Å²) in [4.78, 5) is 0.